The van der Waals surface area contributed by atoms with Crippen LogP contribution in [-0.4, -0.2) is 26.2 Å². The molecule has 2 heterocycles. The highest BCUT2D eigenvalue weighted by molar-refractivity contribution is 6.33. The van der Waals surface area contributed by atoms with E-state index in [0.29, 0.717) is 23.9 Å². The molecule has 0 saturated carbocycles. The number of hydrogen-bond donors (Lipinski definition) is 4. The van der Waals surface area contributed by atoms with Crippen molar-refractivity contribution in [2.45, 2.75) is 13.1 Å². The van der Waals surface area contributed by atoms with Gasteiger partial charge in [-0.25, -0.2) is 9.37 Å². The van der Waals surface area contributed by atoms with Gasteiger partial charge in [0.15, 0.2) is 0 Å². The van der Waals surface area contributed by atoms with Gasteiger partial charge in [-0.05, 0) is 31.2 Å². The SMILES string of the molecule is Cc1n[nH]c(Cl)c1NC(=O)c1cc(F)c(-c2cc(C(F)(F)F)cc(N)n2)cc1O. The highest BCUT2D eigenvalue weighted by Crippen LogP contribution is 2.35. The molecule has 0 radical (unpaired) electrons. The van der Waals surface area contributed by atoms with Gasteiger partial charge in [-0.3, -0.25) is 9.89 Å². The fourth-order valence-electron chi connectivity index (χ4n) is 2.52. The zero-order chi connectivity index (χ0) is 21.5. The van der Waals surface area contributed by atoms with E-state index in [4.69, 9.17) is 17.3 Å². The van der Waals surface area contributed by atoms with Crippen molar-refractivity contribution in [2.24, 2.45) is 0 Å². The van der Waals surface area contributed by atoms with Crippen molar-refractivity contribution < 1.29 is 27.5 Å². The first kappa shape index (κ1) is 20.4. The average molecular weight is 430 g/mol. The first-order valence-corrected chi connectivity index (χ1v) is 8.24. The van der Waals surface area contributed by atoms with Gasteiger partial charge in [0.05, 0.1) is 22.5 Å². The summed E-state index contributed by atoms with van der Waals surface area (Å²) in [6, 6.07) is 2.64. The molecule has 2 aromatic heterocycles. The van der Waals surface area contributed by atoms with Gasteiger partial charge < -0.3 is 16.2 Å². The second-order valence-corrected chi connectivity index (χ2v) is 6.34. The number of aromatic nitrogens is 3. The van der Waals surface area contributed by atoms with Crippen LogP contribution in [0.2, 0.25) is 5.15 Å². The summed E-state index contributed by atoms with van der Waals surface area (Å²) in [6.45, 7) is 1.55. The number of aromatic amines is 1. The molecule has 3 aromatic rings. The van der Waals surface area contributed by atoms with Crippen LogP contribution >= 0.6 is 11.6 Å². The van der Waals surface area contributed by atoms with Crippen molar-refractivity contribution in [3.63, 3.8) is 0 Å². The smallest absolute Gasteiger partial charge is 0.416 e. The second kappa shape index (κ2) is 7.24. The molecule has 3 rings (SSSR count). The Kier molecular flexibility index (Phi) is 5.09. The number of amides is 1. The van der Waals surface area contributed by atoms with E-state index in [1.807, 2.05) is 0 Å². The van der Waals surface area contributed by atoms with Crippen molar-refractivity contribution >= 4 is 29.0 Å². The number of carbonyl (C=O) groups is 1. The Morgan fingerprint density at radius 2 is 1.97 bits per heavy atom. The Bertz CT molecular complexity index is 1090. The molecule has 5 N–H and O–H groups in total. The molecule has 0 bridgehead atoms. The minimum atomic E-state index is -4.73. The van der Waals surface area contributed by atoms with Crippen LogP contribution in [0.5, 0.6) is 5.75 Å². The number of rotatable bonds is 3. The number of phenols is 1. The average Bonchev–Trinajstić information content (AvgIpc) is 2.94. The third-order valence-electron chi connectivity index (χ3n) is 3.92. The quantitative estimate of drug-likeness (QED) is 0.467. The van der Waals surface area contributed by atoms with E-state index in [1.165, 1.54) is 0 Å². The van der Waals surface area contributed by atoms with E-state index in [-0.39, 0.29) is 10.8 Å². The maximum Gasteiger partial charge on any atom is 0.416 e. The van der Waals surface area contributed by atoms with E-state index >= 15 is 0 Å². The van der Waals surface area contributed by atoms with Crippen LogP contribution in [0.4, 0.5) is 29.1 Å². The van der Waals surface area contributed by atoms with Crippen molar-refractivity contribution in [2.75, 3.05) is 11.1 Å². The van der Waals surface area contributed by atoms with Crippen molar-refractivity contribution in [1.82, 2.24) is 15.2 Å². The highest BCUT2D eigenvalue weighted by atomic mass is 35.5. The molecule has 1 aromatic carbocycles. The largest absolute Gasteiger partial charge is 0.507 e. The summed E-state index contributed by atoms with van der Waals surface area (Å²) >= 11 is 5.84. The lowest BCUT2D eigenvalue weighted by Gasteiger charge is -2.12. The number of halogens is 5. The molecule has 0 fully saturated rings. The van der Waals surface area contributed by atoms with Gasteiger partial charge in [0.25, 0.3) is 5.91 Å². The minimum Gasteiger partial charge on any atom is -0.507 e. The number of benzene rings is 1. The molecule has 152 valence electrons. The minimum absolute atomic E-state index is 0.0241. The molecular formula is C17H12ClF4N5O2. The fraction of sp³-hybridized carbons (Fsp3) is 0.118. The number of nitrogens with zero attached hydrogens (tertiary/aromatic N) is 2. The number of aryl methyl sites for hydroxylation is 1. The number of nitrogens with one attached hydrogen (secondary N) is 2. The van der Waals surface area contributed by atoms with Crippen molar-refractivity contribution in [3.8, 4) is 17.0 Å². The maximum absolute atomic E-state index is 14.6. The summed E-state index contributed by atoms with van der Waals surface area (Å²) < 4.78 is 53.5. The number of anilines is 2. The van der Waals surface area contributed by atoms with Crippen LogP contribution < -0.4 is 11.1 Å². The fourth-order valence-corrected chi connectivity index (χ4v) is 2.75. The van der Waals surface area contributed by atoms with E-state index < -0.39 is 51.9 Å². The van der Waals surface area contributed by atoms with E-state index in [0.717, 1.165) is 6.07 Å². The molecule has 0 saturated heterocycles. The summed E-state index contributed by atoms with van der Waals surface area (Å²) in [7, 11) is 0. The first-order valence-electron chi connectivity index (χ1n) is 7.87. The van der Waals surface area contributed by atoms with Gasteiger partial charge in [0.2, 0.25) is 0 Å². The predicted octanol–water partition coefficient (Wildman–Crippen LogP) is 4.13. The molecular weight excluding hydrogens is 418 g/mol. The molecule has 0 aliphatic heterocycles. The summed E-state index contributed by atoms with van der Waals surface area (Å²) in [6.07, 6.45) is -4.73. The Balaban J connectivity index is 2.00. The van der Waals surface area contributed by atoms with Crippen molar-refractivity contribution in [3.05, 3.63) is 52.1 Å². The Morgan fingerprint density at radius 1 is 1.28 bits per heavy atom. The van der Waals surface area contributed by atoms with Gasteiger partial charge >= 0.3 is 6.18 Å². The molecule has 12 heteroatoms. The van der Waals surface area contributed by atoms with Crippen LogP contribution in [0.15, 0.2) is 24.3 Å². The van der Waals surface area contributed by atoms with Gasteiger partial charge in [0, 0.05) is 5.56 Å². The Labute approximate surface area is 165 Å². The number of carbonyl (C=O) groups excluding carboxylic acids is 1. The van der Waals surface area contributed by atoms with E-state index in [9.17, 15) is 27.5 Å². The lowest BCUT2D eigenvalue weighted by Crippen LogP contribution is -2.13. The van der Waals surface area contributed by atoms with Gasteiger partial charge in [-0.1, -0.05) is 11.6 Å². The zero-order valence-electron chi connectivity index (χ0n) is 14.5. The van der Waals surface area contributed by atoms with Crippen molar-refractivity contribution in [1.29, 1.82) is 0 Å². The summed E-state index contributed by atoms with van der Waals surface area (Å²) in [4.78, 5) is 16.0. The summed E-state index contributed by atoms with van der Waals surface area (Å²) in [5.74, 6) is -3.17. The molecule has 7 nitrogen and oxygen atoms in total. The third kappa shape index (κ3) is 4.09. The Morgan fingerprint density at radius 3 is 2.55 bits per heavy atom. The van der Waals surface area contributed by atoms with Gasteiger partial charge in [-0.15, -0.1) is 0 Å². The number of aromatic hydroxyl groups is 1. The normalized spacial score (nSPS) is 11.5. The molecule has 1 amide bonds. The summed E-state index contributed by atoms with van der Waals surface area (Å²) in [5, 5.41) is 18.7. The van der Waals surface area contributed by atoms with Crippen LogP contribution in [0.3, 0.4) is 0 Å². The lowest BCUT2D eigenvalue weighted by molar-refractivity contribution is -0.137. The topological polar surface area (TPSA) is 117 Å². The number of phenolic OH excluding ortho intramolecular Hbond substituents is 1. The molecule has 0 unspecified atom stereocenters. The first-order chi connectivity index (χ1) is 13.5. The third-order valence-corrected chi connectivity index (χ3v) is 4.19. The van der Waals surface area contributed by atoms with Crippen LogP contribution in [0, 0.1) is 12.7 Å². The van der Waals surface area contributed by atoms with Gasteiger partial charge in [0.1, 0.15) is 28.2 Å². The van der Waals surface area contributed by atoms with Crippen LogP contribution in [-0.2, 0) is 6.18 Å². The molecule has 0 aliphatic carbocycles. The molecule has 0 atom stereocenters. The zero-order valence-corrected chi connectivity index (χ0v) is 15.3. The molecule has 0 spiro atoms. The number of hydrogen-bond acceptors (Lipinski definition) is 5. The standard InChI is InChI=1S/C17H12ClF4N5O2/c1-6-14(15(18)27-26-6)25-16(29)9-4-10(19)8(5-12(9)28)11-2-7(17(20,21)22)3-13(23)24-11/h2-5,28H,1H3,(H2,23,24)(H,25,29)(H,26,27). The highest BCUT2D eigenvalue weighted by Gasteiger charge is 2.32. The molecule has 0 aliphatic rings. The lowest BCUT2D eigenvalue weighted by atomic mass is 10.0. The van der Waals surface area contributed by atoms with E-state index in [2.05, 4.69) is 20.5 Å². The predicted molar refractivity (Wildman–Crippen MR) is 97.0 cm³/mol. The number of alkyl halides is 3. The monoisotopic (exact) mass is 429 g/mol. The number of H-pyrrole nitrogens is 1. The number of nitrogens with two attached hydrogens (primary N) is 1. The maximum atomic E-state index is 14.6. The second-order valence-electron chi connectivity index (χ2n) is 5.97. The number of pyridine rings is 1. The number of nitrogen functional groups attached to an aromatic ring is 1. The van der Waals surface area contributed by atoms with Crippen LogP contribution in [0.25, 0.3) is 11.3 Å². The van der Waals surface area contributed by atoms with Crippen LogP contribution in [0.1, 0.15) is 21.6 Å². The molecule has 29 heavy (non-hydrogen) atoms. The Hall–Kier alpha value is -3.34. The van der Waals surface area contributed by atoms with E-state index in [1.54, 1.807) is 6.92 Å². The summed E-state index contributed by atoms with van der Waals surface area (Å²) in [5.41, 5.74) is 3.35. The van der Waals surface area contributed by atoms with Gasteiger partial charge in [-0.2, -0.15) is 18.3 Å².